The molecule has 3 nitrogen and oxygen atoms in total. The smallest absolute Gasteiger partial charge is 0.211 e. The Bertz CT molecular complexity index is 447. The first-order valence-corrected chi connectivity index (χ1v) is 7.16. The summed E-state index contributed by atoms with van der Waals surface area (Å²) < 4.78 is 26.3. The number of alkyl halides is 1. The fraction of sp³-hybridized carbons (Fsp3) is 0.333. The molecule has 0 unspecified atom stereocenters. The Kier molecular flexibility index (Phi) is 4.58. The van der Waals surface area contributed by atoms with Gasteiger partial charge in [0.25, 0.3) is 0 Å². The van der Waals surface area contributed by atoms with E-state index in [9.17, 15) is 8.42 Å². The lowest BCUT2D eigenvalue weighted by Crippen LogP contribution is -2.23. The topological polar surface area (TPSA) is 46.2 Å². The van der Waals surface area contributed by atoms with Gasteiger partial charge >= 0.3 is 0 Å². The van der Waals surface area contributed by atoms with Crippen molar-refractivity contribution in [3.63, 3.8) is 0 Å². The van der Waals surface area contributed by atoms with Gasteiger partial charge in [0.1, 0.15) is 0 Å². The molecule has 0 fully saturated rings. The second-order valence-electron chi connectivity index (χ2n) is 2.90. The van der Waals surface area contributed by atoms with E-state index in [1.807, 2.05) is 0 Å². The molecule has 0 aliphatic heterocycles. The first kappa shape index (κ1) is 13.0. The van der Waals surface area contributed by atoms with Crippen LogP contribution in [0.2, 0.25) is 0 Å². The lowest BCUT2D eigenvalue weighted by molar-refractivity contribution is 0.583. The van der Waals surface area contributed by atoms with Crippen LogP contribution in [0.1, 0.15) is 12.5 Å². The second-order valence-corrected chi connectivity index (χ2v) is 5.76. The fourth-order valence-electron chi connectivity index (χ4n) is 1.11. The van der Waals surface area contributed by atoms with Crippen LogP contribution in [0, 0.1) is 0 Å². The van der Waals surface area contributed by atoms with Gasteiger partial charge < -0.3 is 0 Å². The Hall–Kier alpha value is -0.100. The van der Waals surface area contributed by atoms with Gasteiger partial charge in [0.15, 0.2) is 0 Å². The summed E-state index contributed by atoms with van der Waals surface area (Å²) in [6.45, 7) is 2.10. The number of benzene rings is 1. The molecule has 1 aromatic carbocycles. The average molecular weight is 313 g/mol. The maximum Gasteiger partial charge on any atom is 0.241 e. The number of nitrogens with one attached hydrogen (secondary N) is 1. The Morgan fingerprint density at radius 2 is 2.13 bits per heavy atom. The van der Waals surface area contributed by atoms with Crippen LogP contribution in [0.15, 0.2) is 27.6 Å². The summed E-state index contributed by atoms with van der Waals surface area (Å²) in [5.74, 6) is 0.361. The van der Waals surface area contributed by atoms with Crippen molar-refractivity contribution < 1.29 is 8.42 Å². The van der Waals surface area contributed by atoms with Gasteiger partial charge in [-0.25, -0.2) is 13.1 Å². The highest BCUT2D eigenvalue weighted by atomic mass is 79.9. The Morgan fingerprint density at radius 3 is 2.60 bits per heavy atom. The third-order valence-electron chi connectivity index (χ3n) is 1.77. The van der Waals surface area contributed by atoms with E-state index < -0.39 is 10.0 Å². The minimum absolute atomic E-state index is 0.234. The lowest BCUT2D eigenvalue weighted by atomic mass is 10.2. The van der Waals surface area contributed by atoms with Crippen LogP contribution in [0.3, 0.4) is 0 Å². The predicted molar refractivity (Wildman–Crippen MR) is 64.6 cm³/mol. The van der Waals surface area contributed by atoms with Crippen molar-refractivity contribution in [2.45, 2.75) is 17.7 Å². The molecule has 0 bridgehead atoms. The molecule has 0 saturated heterocycles. The van der Waals surface area contributed by atoms with Crippen molar-refractivity contribution >= 4 is 37.6 Å². The SMILES string of the molecule is CCNS(=O)(=O)c1ccc(CCl)cc1Br. The van der Waals surface area contributed by atoms with Crippen LogP contribution in [0.5, 0.6) is 0 Å². The molecular formula is C9H11BrClNO2S. The van der Waals surface area contributed by atoms with Crippen molar-refractivity contribution in [2.75, 3.05) is 6.54 Å². The van der Waals surface area contributed by atoms with Crippen molar-refractivity contribution in [2.24, 2.45) is 0 Å². The molecule has 0 aliphatic carbocycles. The molecule has 84 valence electrons. The Labute approximate surface area is 103 Å². The Balaban J connectivity index is 3.16. The van der Waals surface area contributed by atoms with Crippen LogP contribution in [-0.2, 0) is 15.9 Å². The Morgan fingerprint density at radius 1 is 1.47 bits per heavy atom. The van der Waals surface area contributed by atoms with E-state index in [0.29, 0.717) is 16.9 Å². The van der Waals surface area contributed by atoms with Gasteiger partial charge in [-0.15, -0.1) is 11.6 Å². The maximum atomic E-state index is 11.7. The summed E-state index contributed by atoms with van der Waals surface area (Å²) in [5.41, 5.74) is 0.874. The maximum absolute atomic E-state index is 11.7. The van der Waals surface area contributed by atoms with E-state index in [1.54, 1.807) is 25.1 Å². The minimum atomic E-state index is -3.41. The molecule has 1 rings (SSSR count). The van der Waals surface area contributed by atoms with Crippen molar-refractivity contribution in [3.8, 4) is 0 Å². The van der Waals surface area contributed by atoms with Crippen LogP contribution >= 0.6 is 27.5 Å². The highest BCUT2D eigenvalue weighted by Gasteiger charge is 2.16. The van der Waals surface area contributed by atoms with E-state index in [0.717, 1.165) is 5.56 Å². The normalized spacial score (nSPS) is 11.7. The molecule has 0 amide bonds. The monoisotopic (exact) mass is 311 g/mol. The molecule has 1 N–H and O–H groups in total. The van der Waals surface area contributed by atoms with Gasteiger partial charge in [0.05, 0.1) is 4.90 Å². The second kappa shape index (κ2) is 5.30. The van der Waals surface area contributed by atoms with Crippen LogP contribution in [0.4, 0.5) is 0 Å². The number of hydrogen-bond acceptors (Lipinski definition) is 2. The van der Waals surface area contributed by atoms with E-state index in [4.69, 9.17) is 11.6 Å². The van der Waals surface area contributed by atoms with Gasteiger partial charge in [0.2, 0.25) is 10.0 Å². The zero-order chi connectivity index (χ0) is 11.5. The molecule has 0 heterocycles. The van der Waals surface area contributed by atoms with Gasteiger partial charge in [-0.05, 0) is 33.6 Å². The molecule has 6 heteroatoms. The summed E-state index contributed by atoms with van der Waals surface area (Å²) in [6, 6.07) is 4.94. The molecule has 1 aromatic rings. The number of halogens is 2. The van der Waals surface area contributed by atoms with Crippen molar-refractivity contribution in [1.29, 1.82) is 0 Å². The summed E-state index contributed by atoms with van der Waals surface area (Å²) in [7, 11) is -3.41. The third-order valence-corrected chi connectivity index (χ3v) is 4.61. The van der Waals surface area contributed by atoms with Gasteiger partial charge in [-0.2, -0.15) is 0 Å². The zero-order valence-corrected chi connectivity index (χ0v) is 11.3. The summed E-state index contributed by atoms with van der Waals surface area (Å²) >= 11 is 8.86. The van der Waals surface area contributed by atoms with Crippen molar-refractivity contribution in [1.82, 2.24) is 4.72 Å². The van der Waals surface area contributed by atoms with Crippen LogP contribution in [0.25, 0.3) is 0 Å². The molecule has 0 radical (unpaired) electrons. The molecule has 0 spiro atoms. The van der Waals surface area contributed by atoms with Gasteiger partial charge in [-0.1, -0.05) is 13.0 Å². The predicted octanol–water partition coefficient (Wildman–Crippen LogP) is 2.49. The fourth-order valence-corrected chi connectivity index (χ4v) is 3.44. The standard InChI is InChI=1S/C9H11BrClNO2S/c1-2-12-15(13,14)9-4-3-7(6-11)5-8(9)10/h3-5,12H,2,6H2,1H3. The number of sulfonamides is 1. The summed E-state index contributed by atoms with van der Waals surface area (Å²) in [6.07, 6.45) is 0. The molecule has 0 saturated carbocycles. The first-order chi connectivity index (χ1) is 7.01. The molecule has 0 aromatic heterocycles. The summed E-state index contributed by atoms with van der Waals surface area (Å²) in [4.78, 5) is 0.234. The van der Waals surface area contributed by atoms with Crippen molar-refractivity contribution in [3.05, 3.63) is 28.2 Å². The molecule has 15 heavy (non-hydrogen) atoms. The average Bonchev–Trinajstić information content (AvgIpc) is 2.17. The summed E-state index contributed by atoms with van der Waals surface area (Å²) in [5, 5.41) is 0. The van der Waals surface area contributed by atoms with Crippen LogP contribution in [-0.4, -0.2) is 15.0 Å². The molecular weight excluding hydrogens is 302 g/mol. The quantitative estimate of drug-likeness (QED) is 0.868. The highest BCUT2D eigenvalue weighted by Crippen LogP contribution is 2.23. The molecule has 0 aliphatic rings. The zero-order valence-electron chi connectivity index (χ0n) is 8.13. The number of rotatable bonds is 4. The molecule has 0 atom stereocenters. The number of hydrogen-bond donors (Lipinski definition) is 1. The largest absolute Gasteiger partial charge is 0.241 e. The van der Waals surface area contributed by atoms with Crippen LogP contribution < -0.4 is 4.72 Å². The third kappa shape index (κ3) is 3.17. The first-order valence-electron chi connectivity index (χ1n) is 4.35. The van der Waals surface area contributed by atoms with Gasteiger partial charge in [0, 0.05) is 16.9 Å². The van der Waals surface area contributed by atoms with E-state index >= 15 is 0 Å². The van der Waals surface area contributed by atoms with E-state index in [-0.39, 0.29) is 4.90 Å². The minimum Gasteiger partial charge on any atom is -0.211 e. The van der Waals surface area contributed by atoms with E-state index in [2.05, 4.69) is 20.7 Å². The lowest BCUT2D eigenvalue weighted by Gasteiger charge is -2.07. The highest BCUT2D eigenvalue weighted by molar-refractivity contribution is 9.10. The van der Waals surface area contributed by atoms with E-state index in [1.165, 1.54) is 0 Å². The van der Waals surface area contributed by atoms with Gasteiger partial charge in [-0.3, -0.25) is 0 Å².